The van der Waals surface area contributed by atoms with Crippen molar-refractivity contribution in [3.05, 3.63) is 10.1 Å². The summed E-state index contributed by atoms with van der Waals surface area (Å²) in [6, 6.07) is 0. The lowest BCUT2D eigenvalue weighted by Crippen LogP contribution is -2.37. The number of hydrogen-bond donors (Lipinski definition) is 0. The van der Waals surface area contributed by atoms with Gasteiger partial charge in [-0.15, -0.1) is 0 Å². The van der Waals surface area contributed by atoms with Crippen LogP contribution in [0.4, 0.5) is 0 Å². The van der Waals surface area contributed by atoms with E-state index in [9.17, 15) is 14.9 Å². The predicted octanol–water partition coefficient (Wildman–Crippen LogP) is 2.40. The lowest BCUT2D eigenvalue weighted by Gasteiger charge is -2.33. The van der Waals surface area contributed by atoms with E-state index in [-0.39, 0.29) is 34.6 Å². The topological polar surface area (TPSA) is 60.2 Å². The van der Waals surface area contributed by atoms with Gasteiger partial charge in [-0.2, -0.15) is 0 Å². The molecule has 4 heteroatoms. The van der Waals surface area contributed by atoms with Crippen molar-refractivity contribution in [3.8, 4) is 0 Å². The highest BCUT2D eigenvalue weighted by molar-refractivity contribution is 5.54. The first kappa shape index (κ1) is 14.1. The van der Waals surface area contributed by atoms with Crippen LogP contribution >= 0.6 is 0 Å². The van der Waals surface area contributed by atoms with Crippen LogP contribution in [0.2, 0.25) is 0 Å². The molecule has 0 spiro atoms. The van der Waals surface area contributed by atoms with Crippen molar-refractivity contribution >= 4 is 6.29 Å². The third kappa shape index (κ3) is 4.40. The first-order chi connectivity index (χ1) is 6.70. The van der Waals surface area contributed by atoms with Crippen LogP contribution in [0.15, 0.2) is 0 Å². The Morgan fingerprint density at radius 2 is 1.80 bits per heavy atom. The first-order valence-electron chi connectivity index (χ1n) is 5.27. The van der Waals surface area contributed by atoms with Crippen LogP contribution < -0.4 is 0 Å². The standard InChI is InChI=1S/C11H21NO3/c1-8(2)9(7-13)10(6-12(14)15)11(3,4)5/h7-10H,6H2,1-5H3/t9-,10-/m0/s1. The summed E-state index contributed by atoms with van der Waals surface area (Å²) in [5.41, 5.74) is -0.219. The minimum atomic E-state index is -0.325. The Labute approximate surface area is 91.2 Å². The van der Waals surface area contributed by atoms with Gasteiger partial charge in [-0.3, -0.25) is 10.1 Å². The molecule has 4 nitrogen and oxygen atoms in total. The molecule has 0 N–H and O–H groups in total. The highest BCUT2D eigenvalue weighted by atomic mass is 16.6. The van der Waals surface area contributed by atoms with Gasteiger partial charge in [0, 0.05) is 16.8 Å². The molecule has 0 heterocycles. The Balaban J connectivity index is 4.90. The van der Waals surface area contributed by atoms with E-state index in [1.54, 1.807) is 0 Å². The van der Waals surface area contributed by atoms with Gasteiger partial charge in [0.2, 0.25) is 6.54 Å². The predicted molar refractivity (Wildman–Crippen MR) is 59.2 cm³/mol. The number of carbonyl (C=O) groups excluding carboxylic acids is 1. The molecular weight excluding hydrogens is 194 g/mol. The molecule has 15 heavy (non-hydrogen) atoms. The van der Waals surface area contributed by atoms with E-state index in [4.69, 9.17) is 0 Å². The van der Waals surface area contributed by atoms with Gasteiger partial charge in [0.05, 0.1) is 0 Å². The summed E-state index contributed by atoms with van der Waals surface area (Å²) in [7, 11) is 0. The SMILES string of the molecule is CC(C)[C@H](C=O)[C@H](C[N+](=O)[O-])C(C)(C)C. The second kappa shape index (κ2) is 5.24. The lowest BCUT2D eigenvalue weighted by atomic mass is 9.70. The second-order valence-corrected chi connectivity index (χ2v) is 5.45. The normalized spacial score (nSPS) is 16.1. The monoisotopic (exact) mass is 215 g/mol. The van der Waals surface area contributed by atoms with Gasteiger partial charge in [-0.05, 0) is 11.3 Å². The van der Waals surface area contributed by atoms with Crippen LogP contribution in [-0.4, -0.2) is 17.8 Å². The van der Waals surface area contributed by atoms with E-state index >= 15 is 0 Å². The Hall–Kier alpha value is -0.930. The molecule has 0 amide bonds. The second-order valence-electron chi connectivity index (χ2n) is 5.45. The van der Waals surface area contributed by atoms with Gasteiger partial charge < -0.3 is 4.79 Å². The van der Waals surface area contributed by atoms with Crippen LogP contribution in [0.1, 0.15) is 34.6 Å². The van der Waals surface area contributed by atoms with E-state index < -0.39 is 0 Å². The van der Waals surface area contributed by atoms with Gasteiger partial charge in [0.25, 0.3) is 0 Å². The van der Waals surface area contributed by atoms with Crippen LogP contribution in [0.3, 0.4) is 0 Å². The molecule has 0 fully saturated rings. The number of nitrogens with zero attached hydrogens (tertiary/aromatic N) is 1. The molecule has 2 atom stereocenters. The fraction of sp³-hybridized carbons (Fsp3) is 0.909. The fourth-order valence-electron chi connectivity index (χ4n) is 1.85. The summed E-state index contributed by atoms with van der Waals surface area (Å²) in [5, 5.41) is 10.6. The molecule has 0 unspecified atom stereocenters. The summed E-state index contributed by atoms with van der Waals surface area (Å²) in [6.45, 7) is 9.56. The Morgan fingerprint density at radius 1 is 1.33 bits per heavy atom. The van der Waals surface area contributed by atoms with Crippen LogP contribution in [0.5, 0.6) is 0 Å². The van der Waals surface area contributed by atoms with Crippen molar-refractivity contribution in [3.63, 3.8) is 0 Å². The third-order valence-corrected chi connectivity index (χ3v) is 2.85. The molecule has 0 aliphatic carbocycles. The summed E-state index contributed by atoms with van der Waals surface area (Å²) in [6.07, 6.45) is 0.865. The van der Waals surface area contributed by atoms with Crippen molar-refractivity contribution in [1.29, 1.82) is 0 Å². The molecule has 0 aliphatic heterocycles. The molecule has 0 aromatic rings. The van der Waals surface area contributed by atoms with Crippen molar-refractivity contribution < 1.29 is 9.72 Å². The molecule has 0 aromatic carbocycles. The Bertz CT molecular complexity index is 230. The average Bonchev–Trinajstić information content (AvgIpc) is 2.00. The summed E-state index contributed by atoms with van der Waals surface area (Å²) < 4.78 is 0. The summed E-state index contributed by atoms with van der Waals surface area (Å²) in [4.78, 5) is 21.3. The highest BCUT2D eigenvalue weighted by Crippen LogP contribution is 2.34. The summed E-state index contributed by atoms with van der Waals surface area (Å²) in [5.74, 6) is -0.299. The first-order valence-corrected chi connectivity index (χ1v) is 5.27. The number of aldehydes is 1. The summed E-state index contributed by atoms with van der Waals surface area (Å²) >= 11 is 0. The van der Waals surface area contributed by atoms with Gasteiger partial charge >= 0.3 is 0 Å². The minimum absolute atomic E-state index is 0.134. The van der Waals surface area contributed by atoms with E-state index in [0.717, 1.165) is 6.29 Å². The maximum absolute atomic E-state index is 11.0. The molecule has 0 saturated carbocycles. The quantitative estimate of drug-likeness (QED) is 0.402. The molecule has 0 rings (SSSR count). The zero-order valence-electron chi connectivity index (χ0n) is 10.2. The van der Waals surface area contributed by atoms with Crippen molar-refractivity contribution in [2.24, 2.45) is 23.2 Å². The minimum Gasteiger partial charge on any atom is -0.303 e. The Morgan fingerprint density at radius 3 is 2.00 bits per heavy atom. The highest BCUT2D eigenvalue weighted by Gasteiger charge is 2.37. The number of hydrogen-bond acceptors (Lipinski definition) is 3. The van der Waals surface area contributed by atoms with Crippen molar-refractivity contribution in [2.45, 2.75) is 34.6 Å². The lowest BCUT2D eigenvalue weighted by molar-refractivity contribution is -0.493. The van der Waals surface area contributed by atoms with Gasteiger partial charge in [-0.25, -0.2) is 0 Å². The van der Waals surface area contributed by atoms with E-state index in [2.05, 4.69) is 0 Å². The van der Waals surface area contributed by atoms with Gasteiger partial charge in [0.15, 0.2) is 0 Å². The smallest absolute Gasteiger partial charge is 0.207 e. The van der Waals surface area contributed by atoms with Crippen LogP contribution in [-0.2, 0) is 4.79 Å². The van der Waals surface area contributed by atoms with Crippen molar-refractivity contribution in [2.75, 3.05) is 6.54 Å². The molecule has 0 radical (unpaired) electrons. The zero-order chi connectivity index (χ0) is 12.2. The number of rotatable bonds is 5. The number of carbonyl (C=O) groups is 1. The van der Waals surface area contributed by atoms with Crippen LogP contribution in [0.25, 0.3) is 0 Å². The molecule has 88 valence electrons. The van der Waals surface area contributed by atoms with Crippen LogP contribution in [0, 0.1) is 33.3 Å². The van der Waals surface area contributed by atoms with E-state index in [0.29, 0.717) is 0 Å². The van der Waals surface area contributed by atoms with Crippen molar-refractivity contribution in [1.82, 2.24) is 0 Å². The molecule has 0 bridgehead atoms. The maximum Gasteiger partial charge on any atom is 0.207 e. The van der Waals surface area contributed by atoms with Gasteiger partial charge in [0.1, 0.15) is 6.29 Å². The van der Waals surface area contributed by atoms with Gasteiger partial charge in [-0.1, -0.05) is 34.6 Å². The molecule has 0 saturated heterocycles. The molecule has 0 aromatic heterocycles. The third-order valence-electron chi connectivity index (χ3n) is 2.85. The maximum atomic E-state index is 11.0. The van der Waals surface area contributed by atoms with E-state index in [1.165, 1.54) is 0 Å². The average molecular weight is 215 g/mol. The molecule has 0 aliphatic rings. The zero-order valence-corrected chi connectivity index (χ0v) is 10.2. The molecular formula is C11H21NO3. The largest absolute Gasteiger partial charge is 0.303 e. The fourth-order valence-corrected chi connectivity index (χ4v) is 1.85. The van der Waals surface area contributed by atoms with E-state index in [1.807, 2.05) is 34.6 Å². The number of nitro groups is 1. The Kier molecular flexibility index (Phi) is 4.91.